The molecule has 1 heterocycles. The predicted octanol–water partition coefficient (Wildman–Crippen LogP) is 3.63. The number of carbonyl (C=O) groups is 2. The van der Waals surface area contributed by atoms with Crippen LogP contribution in [0.5, 0.6) is 0 Å². The van der Waals surface area contributed by atoms with Crippen LogP contribution in [0.4, 0.5) is 9.18 Å². The molecule has 1 fully saturated rings. The Balaban J connectivity index is 1.70. The van der Waals surface area contributed by atoms with E-state index in [0.29, 0.717) is 6.42 Å². The third-order valence-corrected chi connectivity index (χ3v) is 4.60. The highest BCUT2D eigenvalue weighted by Crippen LogP contribution is 2.30. The molecule has 0 bridgehead atoms. The second kappa shape index (κ2) is 6.32. The largest absolute Gasteiger partial charge is 0.289 e. The smallest absolute Gasteiger partial charge is 0.273 e. The van der Waals surface area contributed by atoms with E-state index >= 15 is 0 Å². The van der Waals surface area contributed by atoms with Gasteiger partial charge in [-0.25, -0.2) is 4.39 Å². The van der Waals surface area contributed by atoms with Crippen LogP contribution < -0.4 is 0 Å². The van der Waals surface area contributed by atoms with Gasteiger partial charge in [0.1, 0.15) is 5.82 Å². The first-order chi connectivity index (χ1) is 10.6. The fraction of sp³-hybridized carbons (Fsp3) is 0.176. The third kappa shape index (κ3) is 3.20. The van der Waals surface area contributed by atoms with Gasteiger partial charge in [-0.1, -0.05) is 54.2 Å². The number of nitrogens with zero attached hydrogens (tertiary/aromatic N) is 1. The second-order valence-corrected chi connectivity index (χ2v) is 6.27. The zero-order valence-electron chi connectivity index (χ0n) is 11.7. The minimum atomic E-state index is -0.379. The SMILES string of the molecule is O=C1S[C@@H](Cc2ccccc2)C(=O)N1Cc1ccc(F)cc1. The van der Waals surface area contributed by atoms with Gasteiger partial charge in [-0.05, 0) is 29.7 Å². The van der Waals surface area contributed by atoms with E-state index in [2.05, 4.69) is 0 Å². The van der Waals surface area contributed by atoms with Crippen molar-refractivity contribution < 1.29 is 14.0 Å². The standard InChI is InChI=1S/C17H14FNO2S/c18-14-8-6-13(7-9-14)11-19-16(20)15(22-17(19)21)10-12-4-2-1-3-5-12/h1-9,15H,10-11H2/t15-/m0/s1. The minimum Gasteiger partial charge on any atom is -0.273 e. The van der Waals surface area contributed by atoms with Gasteiger partial charge in [0.25, 0.3) is 5.24 Å². The Kier molecular flexibility index (Phi) is 4.24. The van der Waals surface area contributed by atoms with Crippen LogP contribution in [0, 0.1) is 5.82 Å². The molecule has 1 saturated heterocycles. The summed E-state index contributed by atoms with van der Waals surface area (Å²) in [6.45, 7) is 0.191. The molecule has 0 radical (unpaired) electrons. The van der Waals surface area contributed by atoms with Gasteiger partial charge in [0.05, 0.1) is 11.8 Å². The van der Waals surface area contributed by atoms with E-state index in [4.69, 9.17) is 0 Å². The van der Waals surface area contributed by atoms with Crippen molar-refractivity contribution in [2.45, 2.75) is 18.2 Å². The molecule has 0 spiro atoms. The van der Waals surface area contributed by atoms with Crippen molar-refractivity contribution >= 4 is 22.9 Å². The Bertz CT molecular complexity index is 688. The van der Waals surface area contributed by atoms with Crippen LogP contribution in [0.25, 0.3) is 0 Å². The molecule has 1 aliphatic heterocycles. The highest BCUT2D eigenvalue weighted by Gasteiger charge is 2.39. The summed E-state index contributed by atoms with van der Waals surface area (Å²) < 4.78 is 12.9. The van der Waals surface area contributed by atoms with E-state index in [1.165, 1.54) is 17.0 Å². The van der Waals surface area contributed by atoms with Crippen molar-refractivity contribution in [1.82, 2.24) is 4.90 Å². The molecule has 3 rings (SSSR count). The molecule has 0 unspecified atom stereocenters. The minimum absolute atomic E-state index is 0.178. The van der Waals surface area contributed by atoms with E-state index in [9.17, 15) is 14.0 Å². The van der Waals surface area contributed by atoms with Gasteiger partial charge in [-0.15, -0.1) is 0 Å². The fourth-order valence-corrected chi connectivity index (χ4v) is 3.40. The number of hydrogen-bond acceptors (Lipinski definition) is 3. The van der Waals surface area contributed by atoms with Crippen LogP contribution >= 0.6 is 11.8 Å². The van der Waals surface area contributed by atoms with Crippen molar-refractivity contribution in [1.29, 1.82) is 0 Å². The topological polar surface area (TPSA) is 37.4 Å². The molecule has 2 aromatic carbocycles. The molecule has 0 aromatic heterocycles. The zero-order valence-corrected chi connectivity index (χ0v) is 12.6. The van der Waals surface area contributed by atoms with Crippen molar-refractivity contribution in [3.05, 3.63) is 71.5 Å². The van der Waals surface area contributed by atoms with Gasteiger partial charge in [-0.2, -0.15) is 0 Å². The summed E-state index contributed by atoms with van der Waals surface area (Å²) in [4.78, 5) is 25.7. The van der Waals surface area contributed by atoms with Gasteiger partial charge >= 0.3 is 0 Å². The first-order valence-electron chi connectivity index (χ1n) is 6.94. The molecule has 2 amide bonds. The Morgan fingerprint density at radius 2 is 1.64 bits per heavy atom. The number of hydrogen-bond donors (Lipinski definition) is 0. The van der Waals surface area contributed by atoms with Crippen LogP contribution in [0.3, 0.4) is 0 Å². The average molecular weight is 315 g/mol. The van der Waals surface area contributed by atoms with Crippen LogP contribution in [0.1, 0.15) is 11.1 Å². The first-order valence-corrected chi connectivity index (χ1v) is 7.82. The summed E-state index contributed by atoms with van der Waals surface area (Å²) in [5, 5.41) is -0.620. The number of rotatable bonds is 4. The maximum Gasteiger partial charge on any atom is 0.289 e. The lowest BCUT2D eigenvalue weighted by Gasteiger charge is -2.14. The lowest BCUT2D eigenvalue weighted by molar-refractivity contribution is -0.127. The molecule has 2 aromatic rings. The van der Waals surface area contributed by atoms with Crippen molar-refractivity contribution in [2.24, 2.45) is 0 Å². The van der Waals surface area contributed by atoms with E-state index in [1.807, 2.05) is 30.3 Å². The Morgan fingerprint density at radius 1 is 0.955 bits per heavy atom. The van der Waals surface area contributed by atoms with Crippen LogP contribution in [-0.4, -0.2) is 21.3 Å². The molecule has 112 valence electrons. The predicted molar refractivity (Wildman–Crippen MR) is 83.9 cm³/mol. The highest BCUT2D eigenvalue weighted by atomic mass is 32.2. The summed E-state index contributed by atoms with van der Waals surface area (Å²) in [5.41, 5.74) is 1.77. The van der Waals surface area contributed by atoms with Crippen LogP contribution in [0.2, 0.25) is 0 Å². The number of amides is 2. The van der Waals surface area contributed by atoms with Gasteiger partial charge in [0.2, 0.25) is 5.91 Å². The molecule has 0 aliphatic carbocycles. The number of thioether (sulfide) groups is 1. The maximum absolute atomic E-state index is 12.9. The van der Waals surface area contributed by atoms with Crippen LogP contribution in [0.15, 0.2) is 54.6 Å². The van der Waals surface area contributed by atoms with Gasteiger partial charge in [-0.3, -0.25) is 14.5 Å². The number of benzene rings is 2. The Labute approximate surface area is 132 Å². The lowest BCUT2D eigenvalue weighted by atomic mass is 10.1. The first kappa shape index (κ1) is 14.8. The molecule has 0 N–H and O–H groups in total. The number of carbonyl (C=O) groups excluding carboxylic acids is 2. The van der Waals surface area contributed by atoms with Crippen molar-refractivity contribution in [3.8, 4) is 0 Å². The van der Waals surface area contributed by atoms with Gasteiger partial charge in [0, 0.05) is 0 Å². The molecule has 5 heteroatoms. The van der Waals surface area contributed by atoms with Gasteiger partial charge < -0.3 is 0 Å². The molecular formula is C17H14FNO2S. The van der Waals surface area contributed by atoms with Crippen molar-refractivity contribution in [2.75, 3.05) is 0 Å². The summed E-state index contributed by atoms with van der Waals surface area (Å²) in [6.07, 6.45) is 0.538. The van der Waals surface area contributed by atoms with E-state index in [1.54, 1.807) is 12.1 Å². The van der Waals surface area contributed by atoms with E-state index < -0.39 is 0 Å². The Hall–Kier alpha value is -2.14. The average Bonchev–Trinajstić information content (AvgIpc) is 2.78. The quantitative estimate of drug-likeness (QED) is 0.864. The summed E-state index contributed by atoms with van der Waals surface area (Å²) in [6, 6.07) is 15.5. The molecule has 3 nitrogen and oxygen atoms in total. The second-order valence-electron chi connectivity index (χ2n) is 5.11. The lowest BCUT2D eigenvalue weighted by Crippen LogP contribution is -2.31. The zero-order chi connectivity index (χ0) is 15.5. The van der Waals surface area contributed by atoms with E-state index in [-0.39, 0.29) is 28.8 Å². The summed E-state index contributed by atoms with van der Waals surface area (Å²) >= 11 is 1.06. The molecule has 1 atom stereocenters. The summed E-state index contributed by atoms with van der Waals surface area (Å²) in [5.74, 6) is -0.512. The number of halogens is 1. The maximum atomic E-state index is 12.9. The van der Waals surface area contributed by atoms with E-state index in [0.717, 1.165) is 22.9 Å². The molecule has 22 heavy (non-hydrogen) atoms. The molecule has 0 saturated carbocycles. The molecular weight excluding hydrogens is 301 g/mol. The van der Waals surface area contributed by atoms with Crippen molar-refractivity contribution in [3.63, 3.8) is 0 Å². The highest BCUT2D eigenvalue weighted by molar-refractivity contribution is 8.15. The fourth-order valence-electron chi connectivity index (χ4n) is 2.37. The summed E-state index contributed by atoms with van der Waals surface area (Å²) in [7, 11) is 0. The number of imide groups is 1. The van der Waals surface area contributed by atoms with Gasteiger partial charge in [0.15, 0.2) is 0 Å². The monoisotopic (exact) mass is 315 g/mol. The van der Waals surface area contributed by atoms with Crippen LogP contribution in [-0.2, 0) is 17.8 Å². The molecule has 1 aliphatic rings. The Morgan fingerprint density at radius 3 is 2.32 bits per heavy atom. The third-order valence-electron chi connectivity index (χ3n) is 3.52. The normalized spacial score (nSPS) is 18.0.